The van der Waals surface area contributed by atoms with Crippen LogP contribution in [0.2, 0.25) is 0 Å². The maximum Gasteiger partial charge on any atom is 0.240 e. The number of nitrogens with two attached hydrogens (primary N) is 1. The molecule has 0 heterocycles. The van der Waals surface area contributed by atoms with Gasteiger partial charge in [-0.1, -0.05) is 30.3 Å². The van der Waals surface area contributed by atoms with Crippen molar-refractivity contribution in [2.24, 2.45) is 5.73 Å². The van der Waals surface area contributed by atoms with E-state index in [2.05, 4.69) is 5.32 Å². The van der Waals surface area contributed by atoms with Gasteiger partial charge in [0.2, 0.25) is 5.91 Å². The Kier molecular flexibility index (Phi) is 3.45. The van der Waals surface area contributed by atoms with E-state index in [-0.39, 0.29) is 18.6 Å². The lowest BCUT2D eigenvalue weighted by molar-refractivity contribution is -0.124. The number of carbonyl (C=O) groups excluding carboxylic acids is 1. The van der Waals surface area contributed by atoms with Gasteiger partial charge in [0.1, 0.15) is 0 Å². The Morgan fingerprint density at radius 2 is 2.06 bits per heavy atom. The zero-order valence-electron chi connectivity index (χ0n) is 9.73. The van der Waals surface area contributed by atoms with Gasteiger partial charge in [0, 0.05) is 0 Å². The largest absolute Gasteiger partial charge is 0.394 e. The lowest BCUT2D eigenvalue weighted by atomic mass is 10.1. The van der Waals surface area contributed by atoms with Crippen LogP contribution in [0.15, 0.2) is 30.3 Å². The van der Waals surface area contributed by atoms with Crippen LogP contribution in [-0.4, -0.2) is 29.2 Å². The number of amides is 1. The van der Waals surface area contributed by atoms with Crippen LogP contribution >= 0.6 is 0 Å². The van der Waals surface area contributed by atoms with E-state index < -0.39 is 5.54 Å². The average molecular weight is 234 g/mol. The van der Waals surface area contributed by atoms with Crippen molar-refractivity contribution in [3.63, 3.8) is 0 Å². The molecule has 4 nitrogen and oxygen atoms in total. The fourth-order valence-corrected chi connectivity index (χ4v) is 1.75. The van der Waals surface area contributed by atoms with Crippen LogP contribution < -0.4 is 11.1 Å². The normalized spacial score (nSPS) is 18.5. The first kappa shape index (κ1) is 12.1. The maximum atomic E-state index is 11.7. The molecule has 2 rings (SSSR count). The van der Waals surface area contributed by atoms with Gasteiger partial charge in [-0.2, -0.15) is 0 Å². The number of aliphatic hydroxyl groups is 1. The molecule has 0 radical (unpaired) electrons. The highest BCUT2D eigenvalue weighted by molar-refractivity contribution is 5.89. The smallest absolute Gasteiger partial charge is 0.240 e. The highest BCUT2D eigenvalue weighted by Gasteiger charge is 2.46. The zero-order chi connectivity index (χ0) is 12.3. The zero-order valence-corrected chi connectivity index (χ0v) is 9.73. The lowest BCUT2D eigenvalue weighted by Crippen LogP contribution is -2.49. The van der Waals surface area contributed by atoms with Gasteiger partial charge < -0.3 is 16.2 Å². The molecule has 17 heavy (non-hydrogen) atoms. The van der Waals surface area contributed by atoms with Crippen molar-refractivity contribution in [3.8, 4) is 0 Å². The molecule has 0 spiro atoms. The van der Waals surface area contributed by atoms with Gasteiger partial charge in [0.05, 0.1) is 18.2 Å². The summed E-state index contributed by atoms with van der Waals surface area (Å²) in [7, 11) is 0. The predicted molar refractivity (Wildman–Crippen MR) is 65.3 cm³/mol. The summed E-state index contributed by atoms with van der Waals surface area (Å²) in [5.74, 6) is -0.146. The summed E-state index contributed by atoms with van der Waals surface area (Å²) in [6.07, 6.45) is 2.10. The molecule has 1 atom stereocenters. The Balaban J connectivity index is 1.91. The minimum atomic E-state index is -0.676. The summed E-state index contributed by atoms with van der Waals surface area (Å²) in [4.78, 5) is 11.7. The number of benzene rings is 1. The average Bonchev–Trinajstić information content (AvgIpc) is 3.09. The molecule has 1 aromatic carbocycles. The molecular formula is C13H18N2O2. The van der Waals surface area contributed by atoms with Crippen molar-refractivity contribution >= 4 is 5.91 Å². The van der Waals surface area contributed by atoms with Crippen molar-refractivity contribution in [2.45, 2.75) is 30.8 Å². The first-order valence-electron chi connectivity index (χ1n) is 5.89. The number of nitrogens with one attached hydrogen (secondary N) is 1. The topological polar surface area (TPSA) is 75.4 Å². The van der Waals surface area contributed by atoms with Crippen LogP contribution in [0.5, 0.6) is 0 Å². The minimum Gasteiger partial charge on any atom is -0.394 e. The second kappa shape index (κ2) is 4.85. The quantitative estimate of drug-likeness (QED) is 0.681. The molecule has 0 aromatic heterocycles. The molecule has 0 bridgehead atoms. The molecule has 0 unspecified atom stereocenters. The van der Waals surface area contributed by atoms with Crippen LogP contribution in [0.1, 0.15) is 18.4 Å². The first-order chi connectivity index (χ1) is 8.14. The monoisotopic (exact) mass is 234 g/mol. The molecule has 1 fully saturated rings. The highest BCUT2D eigenvalue weighted by atomic mass is 16.3. The summed E-state index contributed by atoms with van der Waals surface area (Å²) < 4.78 is 0. The van der Waals surface area contributed by atoms with Crippen LogP contribution in [-0.2, 0) is 11.2 Å². The fraction of sp³-hybridized carbons (Fsp3) is 0.462. The standard InChI is InChI=1S/C13H18N2O2/c14-13(6-7-13)12(17)15-11(9-16)8-10-4-2-1-3-5-10/h1-5,11,16H,6-9,14H2,(H,15,17)/t11-/m0/s1. The van der Waals surface area contributed by atoms with Gasteiger partial charge in [-0.25, -0.2) is 0 Å². The molecule has 1 aliphatic carbocycles. The predicted octanol–water partition coefficient (Wildman–Crippen LogP) is 0.198. The SMILES string of the molecule is NC1(C(=O)N[C@H](CO)Cc2ccccc2)CC1. The Hall–Kier alpha value is -1.39. The van der Waals surface area contributed by atoms with Crippen molar-refractivity contribution in [2.75, 3.05) is 6.61 Å². The number of carbonyl (C=O) groups is 1. The van der Waals surface area contributed by atoms with Gasteiger partial charge in [-0.05, 0) is 24.8 Å². The number of aliphatic hydroxyl groups excluding tert-OH is 1. The maximum absolute atomic E-state index is 11.7. The fourth-order valence-electron chi connectivity index (χ4n) is 1.75. The van der Waals surface area contributed by atoms with Gasteiger partial charge in [0.25, 0.3) is 0 Å². The van der Waals surface area contributed by atoms with Gasteiger partial charge >= 0.3 is 0 Å². The Labute approximate surface area is 101 Å². The van der Waals surface area contributed by atoms with E-state index in [1.54, 1.807) is 0 Å². The summed E-state index contributed by atoms with van der Waals surface area (Å²) in [5.41, 5.74) is 6.21. The third kappa shape index (κ3) is 3.05. The van der Waals surface area contributed by atoms with Crippen molar-refractivity contribution in [3.05, 3.63) is 35.9 Å². The Morgan fingerprint density at radius 3 is 2.59 bits per heavy atom. The Morgan fingerprint density at radius 1 is 1.41 bits per heavy atom. The second-order valence-electron chi connectivity index (χ2n) is 4.70. The summed E-state index contributed by atoms with van der Waals surface area (Å²) in [5, 5.41) is 12.1. The van der Waals surface area contributed by atoms with E-state index in [1.807, 2.05) is 30.3 Å². The van der Waals surface area contributed by atoms with E-state index in [0.29, 0.717) is 6.42 Å². The first-order valence-corrected chi connectivity index (χ1v) is 5.89. The van der Waals surface area contributed by atoms with E-state index in [4.69, 9.17) is 5.73 Å². The van der Waals surface area contributed by atoms with Gasteiger partial charge in [-0.15, -0.1) is 0 Å². The van der Waals surface area contributed by atoms with Crippen LogP contribution in [0.4, 0.5) is 0 Å². The number of rotatable bonds is 5. The van der Waals surface area contributed by atoms with Crippen LogP contribution in [0.3, 0.4) is 0 Å². The molecule has 1 saturated carbocycles. The molecule has 4 heteroatoms. The number of hydrogen-bond acceptors (Lipinski definition) is 3. The van der Waals surface area contributed by atoms with Gasteiger partial charge in [0.15, 0.2) is 0 Å². The van der Waals surface area contributed by atoms with Crippen molar-refractivity contribution in [1.82, 2.24) is 5.32 Å². The van der Waals surface area contributed by atoms with Crippen molar-refractivity contribution in [1.29, 1.82) is 0 Å². The molecule has 0 saturated heterocycles. The van der Waals surface area contributed by atoms with E-state index in [9.17, 15) is 9.90 Å². The summed E-state index contributed by atoms with van der Waals surface area (Å²) in [6.45, 7) is -0.0727. The summed E-state index contributed by atoms with van der Waals surface area (Å²) in [6, 6.07) is 9.52. The van der Waals surface area contributed by atoms with E-state index in [1.165, 1.54) is 0 Å². The molecule has 1 aliphatic rings. The second-order valence-corrected chi connectivity index (χ2v) is 4.70. The number of hydrogen-bond donors (Lipinski definition) is 3. The van der Waals surface area contributed by atoms with E-state index >= 15 is 0 Å². The van der Waals surface area contributed by atoms with E-state index in [0.717, 1.165) is 18.4 Å². The van der Waals surface area contributed by atoms with Crippen molar-refractivity contribution < 1.29 is 9.90 Å². The van der Waals surface area contributed by atoms with Crippen LogP contribution in [0.25, 0.3) is 0 Å². The molecule has 4 N–H and O–H groups in total. The van der Waals surface area contributed by atoms with Crippen LogP contribution in [0, 0.1) is 0 Å². The third-order valence-electron chi connectivity index (χ3n) is 3.12. The molecule has 1 amide bonds. The Bertz CT molecular complexity index is 388. The van der Waals surface area contributed by atoms with Gasteiger partial charge in [-0.3, -0.25) is 4.79 Å². The molecule has 92 valence electrons. The minimum absolute atomic E-state index is 0.0727. The molecular weight excluding hydrogens is 216 g/mol. The molecule has 0 aliphatic heterocycles. The highest BCUT2D eigenvalue weighted by Crippen LogP contribution is 2.32. The third-order valence-corrected chi connectivity index (χ3v) is 3.12. The summed E-state index contributed by atoms with van der Waals surface area (Å²) >= 11 is 0. The molecule has 1 aromatic rings. The lowest BCUT2D eigenvalue weighted by Gasteiger charge is -2.18.